The smallest absolute Gasteiger partial charge is 0.255 e. The third-order valence-electron chi connectivity index (χ3n) is 2.77. The molecule has 0 aliphatic carbocycles. The maximum absolute atomic E-state index is 13.4. The number of carbonyl (C=O) groups excluding carboxylic acids is 1. The highest BCUT2D eigenvalue weighted by Crippen LogP contribution is 2.31. The molecule has 0 aliphatic heterocycles. The number of benzene rings is 2. The lowest BCUT2D eigenvalue weighted by Crippen LogP contribution is -2.12. The summed E-state index contributed by atoms with van der Waals surface area (Å²) in [6.07, 6.45) is 0. The molecule has 0 radical (unpaired) electrons. The Kier molecular flexibility index (Phi) is 4.16. The Morgan fingerprint density at radius 2 is 1.80 bits per heavy atom. The van der Waals surface area contributed by atoms with Gasteiger partial charge in [0.25, 0.3) is 5.91 Å². The molecule has 0 saturated carbocycles. The third-order valence-corrected chi connectivity index (χ3v) is 3.40. The lowest BCUT2D eigenvalue weighted by atomic mass is 10.1. The van der Waals surface area contributed by atoms with Gasteiger partial charge in [0.2, 0.25) is 0 Å². The summed E-state index contributed by atoms with van der Waals surface area (Å²) in [5, 5.41) is 3.06. The van der Waals surface area contributed by atoms with E-state index in [-0.39, 0.29) is 21.3 Å². The van der Waals surface area contributed by atoms with Crippen LogP contribution in [0.3, 0.4) is 0 Å². The fourth-order valence-corrected chi connectivity index (χ4v) is 2.08. The number of aryl methyl sites for hydroxylation is 1. The van der Waals surface area contributed by atoms with Gasteiger partial charge in [0, 0.05) is 11.3 Å². The van der Waals surface area contributed by atoms with Gasteiger partial charge in [-0.15, -0.1) is 0 Å². The Bertz CT molecular complexity index is 666. The number of halogens is 3. The fourth-order valence-electron chi connectivity index (χ4n) is 1.59. The van der Waals surface area contributed by atoms with Gasteiger partial charge in [-0.2, -0.15) is 0 Å². The van der Waals surface area contributed by atoms with E-state index in [2.05, 4.69) is 5.32 Å². The number of rotatable bonds is 2. The van der Waals surface area contributed by atoms with Crippen molar-refractivity contribution in [3.05, 3.63) is 57.3 Å². The zero-order valence-corrected chi connectivity index (χ0v) is 12.0. The predicted octanol–water partition coefficient (Wildman–Crippen LogP) is 4.28. The summed E-state index contributed by atoms with van der Waals surface area (Å²) in [5.41, 5.74) is 6.91. The Morgan fingerprint density at radius 1 is 1.20 bits per heavy atom. The van der Waals surface area contributed by atoms with E-state index in [4.69, 9.17) is 28.9 Å². The van der Waals surface area contributed by atoms with Gasteiger partial charge in [0.1, 0.15) is 5.82 Å². The summed E-state index contributed by atoms with van der Waals surface area (Å²) in [4.78, 5) is 12.0. The Hall–Kier alpha value is -1.78. The van der Waals surface area contributed by atoms with E-state index in [9.17, 15) is 9.18 Å². The molecule has 3 nitrogen and oxygen atoms in total. The number of hydrogen-bond donors (Lipinski definition) is 2. The zero-order valence-electron chi connectivity index (χ0n) is 10.5. The Balaban J connectivity index is 2.25. The number of nitrogen functional groups attached to an aromatic ring is 1. The summed E-state index contributed by atoms with van der Waals surface area (Å²) < 4.78 is 13.4. The summed E-state index contributed by atoms with van der Waals surface area (Å²) in [5.74, 6) is -0.896. The van der Waals surface area contributed by atoms with Crippen molar-refractivity contribution in [2.75, 3.05) is 11.1 Å². The van der Waals surface area contributed by atoms with E-state index in [0.717, 1.165) is 0 Å². The van der Waals surface area contributed by atoms with Crippen molar-refractivity contribution < 1.29 is 9.18 Å². The zero-order chi connectivity index (χ0) is 14.9. The molecule has 0 saturated heterocycles. The number of anilines is 2. The standard InChI is InChI=1S/C14H11Cl2FN2O/c1-7-2-3-8(4-12(7)17)14(20)19-9-5-10(15)13(18)11(16)6-9/h2-6H,18H2,1H3,(H,19,20). The first-order valence-corrected chi connectivity index (χ1v) is 6.46. The molecule has 3 N–H and O–H groups in total. The molecule has 2 aromatic rings. The van der Waals surface area contributed by atoms with Crippen molar-refractivity contribution in [3.8, 4) is 0 Å². The molecule has 2 aromatic carbocycles. The van der Waals surface area contributed by atoms with E-state index in [1.54, 1.807) is 6.92 Å². The van der Waals surface area contributed by atoms with E-state index in [0.29, 0.717) is 11.3 Å². The second-order valence-electron chi connectivity index (χ2n) is 4.27. The van der Waals surface area contributed by atoms with Crippen LogP contribution in [0, 0.1) is 12.7 Å². The van der Waals surface area contributed by atoms with Crippen LogP contribution in [0.15, 0.2) is 30.3 Å². The van der Waals surface area contributed by atoms with Crippen molar-refractivity contribution in [1.29, 1.82) is 0 Å². The highest BCUT2D eigenvalue weighted by atomic mass is 35.5. The fraction of sp³-hybridized carbons (Fsp3) is 0.0714. The molecule has 0 bridgehead atoms. The van der Waals surface area contributed by atoms with E-state index in [1.807, 2.05) is 0 Å². The van der Waals surface area contributed by atoms with E-state index in [1.165, 1.54) is 30.3 Å². The Morgan fingerprint density at radius 3 is 2.35 bits per heavy atom. The molecule has 2 rings (SSSR count). The maximum Gasteiger partial charge on any atom is 0.255 e. The van der Waals surface area contributed by atoms with Crippen LogP contribution >= 0.6 is 23.2 Å². The molecule has 20 heavy (non-hydrogen) atoms. The van der Waals surface area contributed by atoms with Crippen LogP contribution in [-0.2, 0) is 0 Å². The predicted molar refractivity (Wildman–Crippen MR) is 80.0 cm³/mol. The SMILES string of the molecule is Cc1ccc(C(=O)Nc2cc(Cl)c(N)c(Cl)c2)cc1F. The average molecular weight is 313 g/mol. The minimum atomic E-state index is -0.458. The van der Waals surface area contributed by atoms with Crippen molar-refractivity contribution in [2.45, 2.75) is 6.92 Å². The normalized spacial score (nSPS) is 10.4. The molecular weight excluding hydrogens is 302 g/mol. The first-order chi connectivity index (χ1) is 9.38. The van der Waals surface area contributed by atoms with Crippen LogP contribution in [0.2, 0.25) is 10.0 Å². The summed E-state index contributed by atoms with van der Waals surface area (Å²) in [6.45, 7) is 1.62. The van der Waals surface area contributed by atoms with Gasteiger partial charge < -0.3 is 11.1 Å². The van der Waals surface area contributed by atoms with Gasteiger partial charge in [-0.25, -0.2) is 4.39 Å². The average Bonchev–Trinajstić information content (AvgIpc) is 2.39. The molecule has 0 unspecified atom stereocenters. The summed E-state index contributed by atoms with van der Waals surface area (Å²) >= 11 is 11.7. The highest BCUT2D eigenvalue weighted by molar-refractivity contribution is 6.39. The second-order valence-corrected chi connectivity index (χ2v) is 5.09. The van der Waals surface area contributed by atoms with Crippen molar-refractivity contribution in [2.24, 2.45) is 0 Å². The topological polar surface area (TPSA) is 55.1 Å². The molecule has 0 fully saturated rings. The molecule has 104 valence electrons. The lowest BCUT2D eigenvalue weighted by molar-refractivity contribution is 0.102. The largest absolute Gasteiger partial charge is 0.396 e. The summed E-state index contributed by atoms with van der Waals surface area (Å²) in [7, 11) is 0. The number of carbonyl (C=O) groups is 1. The number of hydrogen-bond acceptors (Lipinski definition) is 2. The van der Waals surface area contributed by atoms with Gasteiger partial charge in [-0.05, 0) is 36.8 Å². The summed E-state index contributed by atoms with van der Waals surface area (Å²) in [6, 6.07) is 7.20. The highest BCUT2D eigenvalue weighted by Gasteiger charge is 2.11. The molecule has 0 aliphatic rings. The first kappa shape index (κ1) is 14.6. The quantitative estimate of drug-likeness (QED) is 0.813. The molecular formula is C14H11Cl2FN2O. The van der Waals surface area contributed by atoms with Crippen molar-refractivity contribution in [1.82, 2.24) is 0 Å². The minimum Gasteiger partial charge on any atom is -0.396 e. The van der Waals surface area contributed by atoms with Crippen LogP contribution in [0.4, 0.5) is 15.8 Å². The molecule has 0 spiro atoms. The molecule has 1 amide bonds. The maximum atomic E-state index is 13.4. The number of amides is 1. The van der Waals surface area contributed by atoms with Crippen LogP contribution in [0.25, 0.3) is 0 Å². The first-order valence-electron chi connectivity index (χ1n) is 5.70. The van der Waals surface area contributed by atoms with Crippen molar-refractivity contribution in [3.63, 3.8) is 0 Å². The molecule has 0 heterocycles. The van der Waals surface area contributed by atoms with Gasteiger partial charge in [0.05, 0.1) is 15.7 Å². The van der Waals surface area contributed by atoms with Gasteiger partial charge in [-0.1, -0.05) is 29.3 Å². The van der Waals surface area contributed by atoms with Crippen LogP contribution in [0.5, 0.6) is 0 Å². The van der Waals surface area contributed by atoms with Crippen molar-refractivity contribution >= 4 is 40.5 Å². The number of nitrogens with one attached hydrogen (secondary N) is 1. The van der Waals surface area contributed by atoms with Gasteiger partial charge >= 0.3 is 0 Å². The van der Waals surface area contributed by atoms with E-state index < -0.39 is 11.7 Å². The van der Waals surface area contributed by atoms with Crippen LogP contribution in [0.1, 0.15) is 15.9 Å². The van der Waals surface area contributed by atoms with Crippen LogP contribution in [-0.4, -0.2) is 5.91 Å². The lowest BCUT2D eigenvalue weighted by Gasteiger charge is -2.09. The molecule has 0 atom stereocenters. The molecule has 0 aromatic heterocycles. The van der Waals surface area contributed by atoms with Gasteiger partial charge in [-0.3, -0.25) is 4.79 Å². The number of nitrogens with two attached hydrogens (primary N) is 1. The Labute approximate surface area is 125 Å². The third kappa shape index (κ3) is 3.03. The van der Waals surface area contributed by atoms with Crippen LogP contribution < -0.4 is 11.1 Å². The van der Waals surface area contributed by atoms with Gasteiger partial charge in [0.15, 0.2) is 0 Å². The monoisotopic (exact) mass is 312 g/mol. The molecule has 6 heteroatoms. The minimum absolute atomic E-state index is 0.206. The van der Waals surface area contributed by atoms with E-state index >= 15 is 0 Å². The second kappa shape index (κ2) is 5.69.